The number of halogens is 1. The first-order valence-electron chi connectivity index (χ1n) is 6.16. The van der Waals surface area contributed by atoms with Crippen molar-refractivity contribution in [3.05, 3.63) is 28.2 Å². The topological polar surface area (TPSA) is 29.5 Å². The number of methoxy groups -OCH3 is 1. The monoisotopic (exact) mass is 311 g/mol. The number of hydrogen-bond acceptors (Lipinski definition) is 3. The molecule has 1 fully saturated rings. The maximum Gasteiger partial charge on any atom is 0.161 e. The number of Topliss-reactive ketones (excluding diaryl/α,β-unsaturated/α-hetero) is 1. The number of rotatable bonds is 4. The average Bonchev–Trinajstić information content (AvgIpc) is 2.78. The molecule has 2 rings (SSSR count). The molecule has 1 aliphatic heterocycles. The van der Waals surface area contributed by atoms with Gasteiger partial charge >= 0.3 is 0 Å². The van der Waals surface area contributed by atoms with Gasteiger partial charge in [-0.2, -0.15) is 0 Å². The van der Waals surface area contributed by atoms with Crippen molar-refractivity contribution in [2.45, 2.75) is 13.3 Å². The first kappa shape index (κ1) is 13.6. The lowest BCUT2D eigenvalue weighted by Gasteiger charge is -2.21. The van der Waals surface area contributed by atoms with Crippen LogP contribution in [0.15, 0.2) is 22.7 Å². The van der Waals surface area contributed by atoms with E-state index in [-0.39, 0.29) is 5.78 Å². The van der Waals surface area contributed by atoms with Gasteiger partial charge in [0.15, 0.2) is 5.78 Å². The Morgan fingerprint density at radius 3 is 3.00 bits per heavy atom. The van der Waals surface area contributed by atoms with Gasteiger partial charge < -0.3 is 9.64 Å². The summed E-state index contributed by atoms with van der Waals surface area (Å²) >= 11 is 3.42. The highest BCUT2D eigenvalue weighted by Gasteiger charge is 2.24. The van der Waals surface area contributed by atoms with Gasteiger partial charge in [-0.3, -0.25) is 4.79 Å². The number of hydrogen-bond donors (Lipinski definition) is 0. The summed E-state index contributed by atoms with van der Waals surface area (Å²) in [5, 5.41) is 0. The molecule has 0 aliphatic carbocycles. The summed E-state index contributed by atoms with van der Waals surface area (Å²) in [6, 6.07) is 5.92. The minimum Gasteiger partial charge on any atom is -0.384 e. The number of ether oxygens (including phenoxy) is 1. The van der Waals surface area contributed by atoms with Gasteiger partial charge in [-0.25, -0.2) is 0 Å². The zero-order chi connectivity index (χ0) is 13.1. The van der Waals surface area contributed by atoms with Crippen molar-refractivity contribution in [2.75, 3.05) is 31.7 Å². The van der Waals surface area contributed by atoms with E-state index >= 15 is 0 Å². The summed E-state index contributed by atoms with van der Waals surface area (Å²) in [4.78, 5) is 14.0. The van der Waals surface area contributed by atoms with Crippen molar-refractivity contribution in [1.29, 1.82) is 0 Å². The molecule has 18 heavy (non-hydrogen) atoms. The second kappa shape index (κ2) is 5.85. The fraction of sp³-hybridized carbons (Fsp3) is 0.500. The fourth-order valence-electron chi connectivity index (χ4n) is 2.49. The zero-order valence-corrected chi connectivity index (χ0v) is 12.4. The van der Waals surface area contributed by atoms with Crippen LogP contribution in [0, 0.1) is 5.92 Å². The molecule has 0 amide bonds. The summed E-state index contributed by atoms with van der Waals surface area (Å²) in [5.41, 5.74) is 1.84. The average molecular weight is 312 g/mol. The Morgan fingerprint density at radius 1 is 1.56 bits per heavy atom. The van der Waals surface area contributed by atoms with E-state index in [1.165, 1.54) is 0 Å². The predicted octanol–water partition coefficient (Wildman–Crippen LogP) is 3.12. The van der Waals surface area contributed by atoms with Crippen LogP contribution in [-0.2, 0) is 4.74 Å². The first-order chi connectivity index (χ1) is 8.61. The molecule has 0 N–H and O–H groups in total. The molecule has 1 atom stereocenters. The minimum atomic E-state index is 0.112. The molecule has 1 aromatic rings. The van der Waals surface area contributed by atoms with Crippen LogP contribution in [0.25, 0.3) is 0 Å². The lowest BCUT2D eigenvalue weighted by molar-refractivity contribution is 0.101. The van der Waals surface area contributed by atoms with Gasteiger partial charge in [-0.1, -0.05) is 15.9 Å². The van der Waals surface area contributed by atoms with Crippen molar-refractivity contribution in [1.82, 2.24) is 0 Å². The van der Waals surface area contributed by atoms with Gasteiger partial charge in [0, 0.05) is 41.8 Å². The molecule has 0 spiro atoms. The normalized spacial score (nSPS) is 19.3. The Morgan fingerprint density at radius 2 is 2.33 bits per heavy atom. The van der Waals surface area contributed by atoms with Gasteiger partial charge in [0.1, 0.15) is 0 Å². The summed E-state index contributed by atoms with van der Waals surface area (Å²) in [6.07, 6.45) is 1.13. The number of carbonyl (C=O) groups excluding carboxylic acids is 1. The number of ketones is 1. The van der Waals surface area contributed by atoms with Gasteiger partial charge in [0.05, 0.1) is 6.61 Å². The quantitative estimate of drug-likeness (QED) is 0.800. The van der Waals surface area contributed by atoms with Crippen LogP contribution < -0.4 is 4.90 Å². The van der Waals surface area contributed by atoms with Crippen LogP contribution >= 0.6 is 15.9 Å². The molecule has 0 bridgehead atoms. The largest absolute Gasteiger partial charge is 0.384 e. The highest BCUT2D eigenvalue weighted by Crippen LogP contribution is 2.29. The molecular weight excluding hydrogens is 294 g/mol. The minimum absolute atomic E-state index is 0.112. The van der Waals surface area contributed by atoms with E-state index in [4.69, 9.17) is 4.74 Å². The van der Waals surface area contributed by atoms with Crippen molar-refractivity contribution in [2.24, 2.45) is 5.92 Å². The third kappa shape index (κ3) is 2.93. The molecule has 0 saturated carbocycles. The lowest BCUT2D eigenvalue weighted by atomic mass is 10.1. The van der Waals surface area contributed by atoms with Gasteiger partial charge in [0.2, 0.25) is 0 Å². The molecule has 98 valence electrons. The van der Waals surface area contributed by atoms with Crippen molar-refractivity contribution >= 4 is 27.4 Å². The van der Waals surface area contributed by atoms with Crippen LogP contribution in [0.5, 0.6) is 0 Å². The lowest BCUT2D eigenvalue weighted by Crippen LogP contribution is -2.22. The van der Waals surface area contributed by atoms with Gasteiger partial charge in [-0.15, -0.1) is 0 Å². The third-order valence-corrected chi connectivity index (χ3v) is 3.86. The van der Waals surface area contributed by atoms with Gasteiger partial charge in [-0.05, 0) is 31.5 Å². The summed E-state index contributed by atoms with van der Waals surface area (Å²) < 4.78 is 6.15. The van der Waals surface area contributed by atoms with E-state index in [0.29, 0.717) is 5.92 Å². The summed E-state index contributed by atoms with van der Waals surface area (Å²) in [6.45, 7) is 4.38. The van der Waals surface area contributed by atoms with Crippen LogP contribution in [0.2, 0.25) is 0 Å². The molecule has 1 aliphatic rings. The van der Waals surface area contributed by atoms with Crippen LogP contribution in [0.4, 0.5) is 5.69 Å². The Bertz CT molecular complexity index is 447. The number of carbonyl (C=O) groups is 1. The van der Waals surface area contributed by atoms with E-state index in [0.717, 1.165) is 41.8 Å². The molecule has 0 radical (unpaired) electrons. The Hall–Kier alpha value is -0.870. The van der Waals surface area contributed by atoms with Crippen molar-refractivity contribution in [3.63, 3.8) is 0 Å². The fourth-order valence-corrected chi connectivity index (χ4v) is 2.85. The maximum absolute atomic E-state index is 11.7. The molecule has 4 heteroatoms. The molecular formula is C14H18BrNO2. The van der Waals surface area contributed by atoms with Crippen LogP contribution in [-0.4, -0.2) is 32.6 Å². The molecule has 3 nitrogen and oxygen atoms in total. The second-order valence-corrected chi connectivity index (χ2v) is 5.69. The zero-order valence-electron chi connectivity index (χ0n) is 10.8. The van der Waals surface area contributed by atoms with E-state index in [2.05, 4.69) is 20.8 Å². The number of anilines is 1. The highest BCUT2D eigenvalue weighted by molar-refractivity contribution is 9.10. The molecule has 1 saturated heterocycles. The maximum atomic E-state index is 11.7. The Kier molecular flexibility index (Phi) is 4.40. The van der Waals surface area contributed by atoms with E-state index in [1.807, 2.05) is 18.2 Å². The van der Waals surface area contributed by atoms with E-state index in [1.54, 1.807) is 14.0 Å². The molecule has 1 unspecified atom stereocenters. The van der Waals surface area contributed by atoms with E-state index in [9.17, 15) is 4.79 Å². The van der Waals surface area contributed by atoms with Crippen molar-refractivity contribution < 1.29 is 9.53 Å². The number of nitrogens with zero attached hydrogens (tertiary/aromatic N) is 1. The third-order valence-electron chi connectivity index (χ3n) is 3.37. The van der Waals surface area contributed by atoms with Crippen LogP contribution in [0.1, 0.15) is 23.7 Å². The molecule has 1 aromatic carbocycles. The van der Waals surface area contributed by atoms with Crippen molar-refractivity contribution in [3.8, 4) is 0 Å². The molecule has 0 aromatic heterocycles. The first-order valence-corrected chi connectivity index (χ1v) is 6.95. The Balaban J connectivity index is 2.21. The second-order valence-electron chi connectivity index (χ2n) is 4.77. The van der Waals surface area contributed by atoms with Gasteiger partial charge in [0.25, 0.3) is 0 Å². The standard InChI is InChI=1S/C14H18BrNO2/c1-10(17)13-7-12(15)3-4-14(13)16-6-5-11(8-16)9-18-2/h3-4,7,11H,5-6,8-9H2,1-2H3. The SMILES string of the molecule is COCC1CCN(c2ccc(Br)cc2C(C)=O)C1. The highest BCUT2D eigenvalue weighted by atomic mass is 79.9. The summed E-state index contributed by atoms with van der Waals surface area (Å²) in [7, 11) is 1.74. The number of benzene rings is 1. The predicted molar refractivity (Wildman–Crippen MR) is 76.3 cm³/mol. The van der Waals surface area contributed by atoms with E-state index < -0.39 is 0 Å². The van der Waals surface area contributed by atoms with Crippen LogP contribution in [0.3, 0.4) is 0 Å². The summed E-state index contributed by atoms with van der Waals surface area (Å²) in [5.74, 6) is 0.681. The smallest absolute Gasteiger partial charge is 0.161 e. The Labute approximate surface area is 116 Å². The molecule has 1 heterocycles.